The number of ketones is 1. The molecule has 164 valence electrons. The zero-order valence-corrected chi connectivity index (χ0v) is 18.2. The largest absolute Gasteiger partial charge is 0.507 e. The highest BCUT2D eigenvalue weighted by molar-refractivity contribution is 6.46. The molecule has 1 aliphatic rings. The van der Waals surface area contributed by atoms with Crippen LogP contribution in [0.1, 0.15) is 36.9 Å². The summed E-state index contributed by atoms with van der Waals surface area (Å²) >= 11 is 0. The van der Waals surface area contributed by atoms with Gasteiger partial charge in [0.25, 0.3) is 11.7 Å². The van der Waals surface area contributed by atoms with Crippen molar-refractivity contribution in [1.82, 2.24) is 4.90 Å². The highest BCUT2D eigenvalue weighted by Gasteiger charge is 2.46. The predicted molar refractivity (Wildman–Crippen MR) is 116 cm³/mol. The Bertz CT molecular complexity index is 996. The van der Waals surface area contributed by atoms with Gasteiger partial charge in [0.2, 0.25) is 0 Å². The fraction of sp³-hybridized carbons (Fsp3) is 0.333. The molecule has 1 saturated heterocycles. The van der Waals surface area contributed by atoms with Gasteiger partial charge < -0.3 is 24.2 Å². The molecule has 2 aromatic carbocycles. The lowest BCUT2D eigenvalue weighted by molar-refractivity contribution is -0.139. The van der Waals surface area contributed by atoms with Crippen LogP contribution in [0.3, 0.4) is 0 Å². The van der Waals surface area contributed by atoms with E-state index in [0.29, 0.717) is 29.4 Å². The normalized spacial score (nSPS) is 17.7. The van der Waals surface area contributed by atoms with Gasteiger partial charge in [-0.05, 0) is 42.3 Å². The first-order valence-electron chi connectivity index (χ1n) is 10.1. The number of amides is 1. The Morgan fingerprint density at radius 1 is 0.968 bits per heavy atom. The predicted octanol–water partition coefficient (Wildman–Crippen LogP) is 3.93. The van der Waals surface area contributed by atoms with Crippen molar-refractivity contribution in [2.24, 2.45) is 0 Å². The van der Waals surface area contributed by atoms with Crippen LogP contribution in [-0.4, -0.2) is 49.6 Å². The fourth-order valence-corrected chi connectivity index (χ4v) is 3.72. The van der Waals surface area contributed by atoms with E-state index in [1.54, 1.807) is 49.6 Å². The van der Waals surface area contributed by atoms with E-state index >= 15 is 0 Å². The van der Waals surface area contributed by atoms with Gasteiger partial charge in [0.15, 0.2) is 0 Å². The summed E-state index contributed by atoms with van der Waals surface area (Å²) in [6.45, 7) is 2.42. The third kappa shape index (κ3) is 4.21. The monoisotopic (exact) mass is 425 g/mol. The average Bonchev–Trinajstić information content (AvgIpc) is 3.06. The maximum atomic E-state index is 13.0. The zero-order valence-electron chi connectivity index (χ0n) is 18.2. The zero-order chi connectivity index (χ0) is 22.5. The standard InChI is InChI=1S/C24H27NO6/c1-5-6-13-25-21(15-7-9-16(29-2)10-8-15)20(23(27)24(25)28)22(26)18-14-17(30-3)11-12-19(18)31-4/h7-12,14,21,26H,5-6,13H2,1-4H3/b22-20+. The number of nitrogens with zero attached hydrogens (tertiary/aromatic N) is 1. The van der Waals surface area contributed by atoms with Crippen LogP contribution in [0.15, 0.2) is 48.0 Å². The molecule has 1 fully saturated rings. The summed E-state index contributed by atoms with van der Waals surface area (Å²) < 4.78 is 15.9. The molecule has 0 radical (unpaired) electrons. The second-order valence-corrected chi connectivity index (χ2v) is 7.19. The third-order valence-corrected chi connectivity index (χ3v) is 5.39. The van der Waals surface area contributed by atoms with Crippen molar-refractivity contribution < 1.29 is 28.9 Å². The SMILES string of the molecule is CCCCN1C(=O)C(=O)/C(=C(/O)c2cc(OC)ccc2OC)C1c1ccc(OC)cc1. The van der Waals surface area contributed by atoms with Crippen molar-refractivity contribution in [3.63, 3.8) is 0 Å². The highest BCUT2D eigenvalue weighted by atomic mass is 16.5. The lowest BCUT2D eigenvalue weighted by Gasteiger charge is -2.25. The van der Waals surface area contributed by atoms with Gasteiger partial charge in [-0.1, -0.05) is 25.5 Å². The Hall–Kier alpha value is -3.48. The van der Waals surface area contributed by atoms with Gasteiger partial charge >= 0.3 is 0 Å². The number of aliphatic hydroxyl groups is 1. The minimum atomic E-state index is -0.723. The molecule has 2 aromatic rings. The molecule has 1 heterocycles. The summed E-state index contributed by atoms with van der Waals surface area (Å²) in [5, 5.41) is 11.2. The van der Waals surface area contributed by atoms with Crippen molar-refractivity contribution >= 4 is 17.4 Å². The Morgan fingerprint density at radius 3 is 2.19 bits per heavy atom. The molecule has 0 bridgehead atoms. The van der Waals surface area contributed by atoms with Gasteiger partial charge in [-0.2, -0.15) is 0 Å². The number of rotatable bonds is 8. The van der Waals surface area contributed by atoms with E-state index < -0.39 is 17.7 Å². The first-order valence-corrected chi connectivity index (χ1v) is 10.1. The van der Waals surface area contributed by atoms with Gasteiger partial charge in [0, 0.05) is 6.54 Å². The van der Waals surface area contributed by atoms with Crippen LogP contribution in [0.2, 0.25) is 0 Å². The van der Waals surface area contributed by atoms with E-state index in [9.17, 15) is 14.7 Å². The first kappa shape index (κ1) is 22.2. The molecule has 1 atom stereocenters. The Morgan fingerprint density at radius 2 is 1.61 bits per heavy atom. The van der Waals surface area contributed by atoms with Crippen LogP contribution in [0.5, 0.6) is 17.2 Å². The molecule has 0 aromatic heterocycles. The molecule has 0 saturated carbocycles. The number of likely N-dealkylation sites (tertiary alicyclic amines) is 1. The molecule has 31 heavy (non-hydrogen) atoms. The summed E-state index contributed by atoms with van der Waals surface area (Å²) in [7, 11) is 4.55. The summed E-state index contributed by atoms with van der Waals surface area (Å²) in [5.41, 5.74) is 1.02. The van der Waals surface area contributed by atoms with Crippen molar-refractivity contribution in [1.29, 1.82) is 0 Å². The number of aliphatic hydroxyl groups excluding tert-OH is 1. The molecule has 0 aliphatic carbocycles. The van der Waals surface area contributed by atoms with Crippen LogP contribution < -0.4 is 14.2 Å². The maximum Gasteiger partial charge on any atom is 0.295 e. The van der Waals surface area contributed by atoms with Crippen molar-refractivity contribution in [2.45, 2.75) is 25.8 Å². The minimum Gasteiger partial charge on any atom is -0.507 e. The molecule has 7 nitrogen and oxygen atoms in total. The van der Waals surface area contributed by atoms with Crippen molar-refractivity contribution in [3.8, 4) is 17.2 Å². The molecule has 1 aliphatic heterocycles. The maximum absolute atomic E-state index is 13.0. The van der Waals surface area contributed by atoms with Crippen molar-refractivity contribution in [3.05, 3.63) is 59.2 Å². The smallest absolute Gasteiger partial charge is 0.295 e. The van der Waals surface area contributed by atoms with Crippen LogP contribution >= 0.6 is 0 Å². The second-order valence-electron chi connectivity index (χ2n) is 7.19. The number of unbranched alkanes of at least 4 members (excludes halogenated alkanes) is 1. The molecular weight excluding hydrogens is 398 g/mol. The van der Waals surface area contributed by atoms with Gasteiger partial charge in [-0.15, -0.1) is 0 Å². The molecule has 1 N–H and O–H groups in total. The van der Waals surface area contributed by atoms with Crippen LogP contribution in [0.25, 0.3) is 5.76 Å². The first-order chi connectivity index (χ1) is 15.0. The minimum absolute atomic E-state index is 0.0258. The van der Waals surface area contributed by atoms with Gasteiger partial charge in [-0.3, -0.25) is 9.59 Å². The second kappa shape index (κ2) is 9.55. The third-order valence-electron chi connectivity index (χ3n) is 5.39. The number of benzene rings is 2. The van der Waals surface area contributed by atoms with E-state index in [1.165, 1.54) is 19.1 Å². The number of ether oxygens (including phenoxy) is 3. The molecule has 3 rings (SSSR count). The molecule has 1 amide bonds. The lowest BCUT2D eigenvalue weighted by Crippen LogP contribution is -2.30. The number of carbonyl (C=O) groups is 2. The number of carbonyl (C=O) groups excluding carboxylic acids is 2. The molecule has 1 unspecified atom stereocenters. The topological polar surface area (TPSA) is 85.3 Å². The average molecular weight is 425 g/mol. The lowest BCUT2D eigenvalue weighted by atomic mass is 9.94. The van der Waals surface area contributed by atoms with Gasteiger partial charge in [0.05, 0.1) is 38.5 Å². The van der Waals surface area contributed by atoms with E-state index in [4.69, 9.17) is 14.2 Å². The number of hydrogen-bond acceptors (Lipinski definition) is 6. The number of methoxy groups -OCH3 is 3. The molecule has 7 heteroatoms. The van der Waals surface area contributed by atoms with Crippen molar-refractivity contribution in [2.75, 3.05) is 27.9 Å². The Kier molecular flexibility index (Phi) is 6.84. The van der Waals surface area contributed by atoms with E-state index in [2.05, 4.69) is 0 Å². The molecule has 0 spiro atoms. The van der Waals surface area contributed by atoms with Crippen LogP contribution in [-0.2, 0) is 9.59 Å². The number of Topliss-reactive ketones (excluding diaryl/α,β-unsaturated/α-hetero) is 1. The van der Waals surface area contributed by atoms with E-state index in [0.717, 1.165) is 12.8 Å². The summed E-state index contributed by atoms with van der Waals surface area (Å²) in [5.74, 6) is -0.135. The summed E-state index contributed by atoms with van der Waals surface area (Å²) in [6, 6.07) is 11.3. The summed E-state index contributed by atoms with van der Waals surface area (Å²) in [4.78, 5) is 27.5. The highest BCUT2D eigenvalue weighted by Crippen LogP contribution is 2.42. The fourth-order valence-electron chi connectivity index (χ4n) is 3.72. The van der Waals surface area contributed by atoms with Crippen LogP contribution in [0.4, 0.5) is 0 Å². The van der Waals surface area contributed by atoms with E-state index in [1.807, 2.05) is 6.92 Å². The quantitative estimate of drug-likeness (QED) is 0.392. The number of hydrogen-bond donors (Lipinski definition) is 1. The molecular formula is C24H27NO6. The van der Waals surface area contributed by atoms with Gasteiger partial charge in [0.1, 0.15) is 23.0 Å². The summed E-state index contributed by atoms with van der Waals surface area (Å²) in [6.07, 6.45) is 1.60. The van der Waals surface area contributed by atoms with Crippen LogP contribution in [0, 0.1) is 0 Å². The Balaban J connectivity index is 2.21. The van der Waals surface area contributed by atoms with Gasteiger partial charge in [-0.25, -0.2) is 0 Å². The Labute approximate surface area is 181 Å². The van der Waals surface area contributed by atoms with E-state index in [-0.39, 0.29) is 16.9 Å².